The van der Waals surface area contributed by atoms with Crippen molar-refractivity contribution in [3.63, 3.8) is 0 Å². The van der Waals surface area contributed by atoms with Crippen LogP contribution in [0, 0.1) is 0 Å². The van der Waals surface area contributed by atoms with Crippen LogP contribution in [-0.2, 0) is 16.5 Å². The Kier molecular flexibility index (Phi) is 11.0. The van der Waals surface area contributed by atoms with Crippen molar-refractivity contribution in [3.8, 4) is 0 Å². The second-order valence-corrected chi connectivity index (χ2v) is 8.26. The summed E-state index contributed by atoms with van der Waals surface area (Å²) in [7, 11) is -4.39. The molecule has 0 aliphatic heterocycles. The molecule has 0 saturated heterocycles. The van der Waals surface area contributed by atoms with Crippen LogP contribution in [0.5, 0.6) is 0 Å². The van der Waals surface area contributed by atoms with Crippen molar-refractivity contribution >= 4 is 20.9 Å². The van der Waals surface area contributed by atoms with Gasteiger partial charge in [0, 0.05) is 0 Å². The Labute approximate surface area is 180 Å². The number of fused-ring (bicyclic) bond motifs is 1. The molecule has 3 nitrogen and oxygen atoms in total. The molecule has 0 heterocycles. The van der Waals surface area contributed by atoms with E-state index < -0.39 is 10.1 Å². The van der Waals surface area contributed by atoms with E-state index in [1.54, 1.807) is 6.07 Å². The van der Waals surface area contributed by atoms with Crippen molar-refractivity contribution in [1.82, 2.24) is 0 Å². The zero-order valence-electron chi connectivity index (χ0n) is 16.2. The predicted octanol–water partition coefficient (Wildman–Crippen LogP) is 2.82. The maximum Gasteiger partial charge on any atom is 1.00 e. The van der Waals surface area contributed by atoms with E-state index in [9.17, 15) is 13.0 Å². The van der Waals surface area contributed by atoms with Gasteiger partial charge in [-0.2, -0.15) is 0 Å². The van der Waals surface area contributed by atoms with Crippen molar-refractivity contribution in [2.45, 2.75) is 76.0 Å². The number of unbranched alkanes of at least 4 members (excludes halogenated alkanes) is 8. The van der Waals surface area contributed by atoms with E-state index in [1.807, 2.05) is 12.1 Å². The van der Waals surface area contributed by atoms with Crippen LogP contribution in [0.15, 0.2) is 41.3 Å². The average Bonchev–Trinajstić information content (AvgIpc) is 2.59. The molecule has 0 saturated carbocycles. The molecular weight excluding hydrogens is 355 g/mol. The van der Waals surface area contributed by atoms with Gasteiger partial charge in [0.1, 0.15) is 10.1 Å². The van der Waals surface area contributed by atoms with E-state index in [4.69, 9.17) is 0 Å². The molecule has 0 aliphatic rings. The number of aryl methyl sites for hydroxylation is 1. The normalized spacial score (nSPS) is 11.5. The largest absolute Gasteiger partial charge is 1.00 e. The fraction of sp³-hybridized carbons (Fsp3) is 0.524. The summed E-state index contributed by atoms with van der Waals surface area (Å²) in [5.74, 6) is 0. The minimum atomic E-state index is -4.39. The number of rotatable bonds is 11. The summed E-state index contributed by atoms with van der Waals surface area (Å²) < 4.78 is 33.5. The van der Waals surface area contributed by atoms with Gasteiger partial charge in [0.2, 0.25) is 0 Å². The second-order valence-electron chi connectivity index (χ2n) is 6.88. The van der Waals surface area contributed by atoms with Gasteiger partial charge in [-0.05, 0) is 41.3 Å². The molecule has 0 bridgehead atoms. The molecule has 5 heteroatoms. The first-order chi connectivity index (χ1) is 12.0. The van der Waals surface area contributed by atoms with Gasteiger partial charge in [-0.3, -0.25) is 0 Å². The first-order valence-corrected chi connectivity index (χ1v) is 10.9. The van der Waals surface area contributed by atoms with E-state index in [-0.39, 0.29) is 34.5 Å². The summed E-state index contributed by atoms with van der Waals surface area (Å²) >= 11 is 0. The third kappa shape index (κ3) is 8.10. The first kappa shape index (κ1) is 23.6. The summed E-state index contributed by atoms with van der Waals surface area (Å²) in [5.41, 5.74) is 1.20. The van der Waals surface area contributed by atoms with Crippen LogP contribution in [0.2, 0.25) is 0 Å². The third-order valence-corrected chi connectivity index (χ3v) is 5.57. The molecule has 0 radical (unpaired) electrons. The Bertz CT molecular complexity index is 772. The molecule has 2 aromatic carbocycles. The van der Waals surface area contributed by atoms with Gasteiger partial charge in [0.15, 0.2) is 0 Å². The Morgan fingerprint density at radius 3 is 1.96 bits per heavy atom. The van der Waals surface area contributed by atoms with Gasteiger partial charge >= 0.3 is 29.6 Å². The predicted molar refractivity (Wildman–Crippen MR) is 103 cm³/mol. The van der Waals surface area contributed by atoms with Crippen LogP contribution in [0.3, 0.4) is 0 Å². The molecule has 0 aromatic heterocycles. The Balaban J connectivity index is 0.00000338. The fourth-order valence-electron chi connectivity index (χ4n) is 3.23. The van der Waals surface area contributed by atoms with Gasteiger partial charge in [0.25, 0.3) is 0 Å². The summed E-state index contributed by atoms with van der Waals surface area (Å²) in [6, 6.07) is 10.7. The van der Waals surface area contributed by atoms with E-state index >= 15 is 0 Å². The molecule has 0 atom stereocenters. The van der Waals surface area contributed by atoms with Crippen LogP contribution in [0.4, 0.5) is 0 Å². The Morgan fingerprint density at radius 1 is 0.769 bits per heavy atom. The van der Waals surface area contributed by atoms with Crippen LogP contribution in [-0.4, -0.2) is 13.0 Å². The first-order valence-electron chi connectivity index (χ1n) is 9.49. The van der Waals surface area contributed by atoms with Gasteiger partial charge in [-0.1, -0.05) is 82.6 Å². The number of hydrogen-bond donors (Lipinski definition) is 0. The van der Waals surface area contributed by atoms with Crippen LogP contribution in [0.1, 0.15) is 70.3 Å². The standard InChI is InChI=1S/C21H30O3S.Na/c1-2-3-4-5-6-7-8-9-10-11-18-12-13-19-14-15-21(25(22,23)24)17-20(19)16-18;/h12-17H,2-11H2,1H3,(H,22,23,24);/q;+1/p-1. The molecule has 2 rings (SSSR count). The molecule has 0 aliphatic carbocycles. The third-order valence-electron chi connectivity index (χ3n) is 4.73. The molecule has 0 fully saturated rings. The van der Waals surface area contributed by atoms with E-state index in [0.29, 0.717) is 0 Å². The molecule has 138 valence electrons. The maximum atomic E-state index is 11.2. The summed E-state index contributed by atoms with van der Waals surface area (Å²) in [5, 5.41) is 1.79. The van der Waals surface area contributed by atoms with Gasteiger partial charge < -0.3 is 4.55 Å². The smallest absolute Gasteiger partial charge is 0.744 e. The van der Waals surface area contributed by atoms with E-state index in [0.717, 1.165) is 23.6 Å². The summed E-state index contributed by atoms with van der Waals surface area (Å²) in [6.07, 6.45) is 12.7. The van der Waals surface area contributed by atoms with Crippen LogP contribution in [0.25, 0.3) is 10.8 Å². The van der Waals surface area contributed by atoms with Crippen molar-refractivity contribution < 1.29 is 42.5 Å². The number of benzene rings is 2. The minimum absolute atomic E-state index is 0. The summed E-state index contributed by atoms with van der Waals surface area (Å²) in [6.45, 7) is 2.24. The van der Waals surface area contributed by atoms with Crippen molar-refractivity contribution in [2.24, 2.45) is 0 Å². The van der Waals surface area contributed by atoms with Crippen LogP contribution >= 0.6 is 0 Å². The van der Waals surface area contributed by atoms with E-state index in [1.165, 1.54) is 69.1 Å². The zero-order valence-corrected chi connectivity index (χ0v) is 19.0. The monoisotopic (exact) mass is 384 g/mol. The van der Waals surface area contributed by atoms with Gasteiger partial charge in [-0.15, -0.1) is 0 Å². The zero-order chi connectivity index (χ0) is 18.1. The van der Waals surface area contributed by atoms with Crippen molar-refractivity contribution in [3.05, 3.63) is 42.0 Å². The maximum absolute atomic E-state index is 11.2. The van der Waals surface area contributed by atoms with Crippen molar-refractivity contribution in [2.75, 3.05) is 0 Å². The SMILES string of the molecule is CCCCCCCCCCCc1ccc2ccc(S(=O)(=O)[O-])cc2c1.[Na+]. The Hall–Kier alpha value is -0.390. The van der Waals surface area contributed by atoms with Gasteiger partial charge in [0.05, 0.1) is 4.90 Å². The molecule has 0 N–H and O–H groups in total. The molecule has 0 unspecified atom stereocenters. The summed E-state index contributed by atoms with van der Waals surface area (Å²) in [4.78, 5) is -0.153. The van der Waals surface area contributed by atoms with E-state index in [2.05, 4.69) is 13.0 Å². The Morgan fingerprint density at radius 2 is 1.35 bits per heavy atom. The average molecular weight is 385 g/mol. The van der Waals surface area contributed by atoms with Crippen molar-refractivity contribution in [1.29, 1.82) is 0 Å². The van der Waals surface area contributed by atoms with Crippen LogP contribution < -0.4 is 29.6 Å². The molecular formula is C21H29NaO3S. The molecule has 26 heavy (non-hydrogen) atoms. The number of hydrogen-bond acceptors (Lipinski definition) is 3. The second kappa shape index (κ2) is 12.1. The fourth-order valence-corrected chi connectivity index (χ4v) is 3.73. The molecule has 0 amide bonds. The molecule has 2 aromatic rings. The minimum Gasteiger partial charge on any atom is -0.744 e. The van der Waals surface area contributed by atoms with Gasteiger partial charge in [-0.25, -0.2) is 8.42 Å². The topological polar surface area (TPSA) is 57.2 Å². The molecule has 0 spiro atoms. The quantitative estimate of drug-likeness (QED) is 0.340.